The molecular formula is C14H22N2O4. The van der Waals surface area contributed by atoms with Crippen LogP contribution in [0, 0.1) is 17.8 Å². The molecule has 5 atom stereocenters. The number of amides is 2. The zero-order valence-corrected chi connectivity index (χ0v) is 11.5. The average Bonchev–Trinajstić information content (AvgIpc) is 3.00. The molecule has 3 fully saturated rings. The van der Waals surface area contributed by atoms with Crippen molar-refractivity contribution in [2.75, 3.05) is 13.2 Å². The van der Waals surface area contributed by atoms with E-state index in [1.165, 1.54) is 0 Å². The van der Waals surface area contributed by atoms with E-state index in [0.717, 1.165) is 38.7 Å². The molecule has 1 aliphatic heterocycles. The first-order chi connectivity index (χ1) is 9.65. The van der Waals surface area contributed by atoms with Gasteiger partial charge in [-0.1, -0.05) is 0 Å². The lowest BCUT2D eigenvalue weighted by Crippen LogP contribution is -2.53. The Morgan fingerprint density at radius 3 is 2.60 bits per heavy atom. The van der Waals surface area contributed by atoms with Gasteiger partial charge in [-0.15, -0.1) is 0 Å². The summed E-state index contributed by atoms with van der Waals surface area (Å²) in [6.45, 7) is 1.31. The Bertz CT molecular complexity index is 395. The molecule has 1 heterocycles. The third-order valence-electron chi connectivity index (χ3n) is 4.99. The molecule has 3 rings (SSSR count). The Hall–Kier alpha value is -1.30. The van der Waals surface area contributed by atoms with Crippen LogP contribution < -0.4 is 10.6 Å². The fourth-order valence-electron chi connectivity index (χ4n) is 4.09. The molecule has 0 radical (unpaired) electrons. The predicted octanol–water partition coefficient (Wildman–Crippen LogP) is 0.964. The molecule has 0 aromatic rings. The molecule has 1 saturated heterocycles. The molecule has 0 spiro atoms. The molecule has 0 aromatic carbocycles. The first-order valence-corrected chi connectivity index (χ1v) is 7.52. The smallest absolute Gasteiger partial charge is 0.315 e. The third-order valence-corrected chi connectivity index (χ3v) is 4.99. The predicted molar refractivity (Wildman–Crippen MR) is 71.3 cm³/mol. The van der Waals surface area contributed by atoms with E-state index in [4.69, 9.17) is 4.74 Å². The van der Waals surface area contributed by atoms with E-state index in [1.54, 1.807) is 0 Å². The number of carboxylic acid groups (broad SMARTS) is 1. The minimum absolute atomic E-state index is 0.0469. The summed E-state index contributed by atoms with van der Waals surface area (Å²) in [4.78, 5) is 23.4. The molecule has 2 aliphatic carbocycles. The van der Waals surface area contributed by atoms with E-state index >= 15 is 0 Å². The van der Waals surface area contributed by atoms with Crippen molar-refractivity contribution in [1.82, 2.24) is 10.6 Å². The van der Waals surface area contributed by atoms with Gasteiger partial charge in [0.25, 0.3) is 0 Å². The summed E-state index contributed by atoms with van der Waals surface area (Å²) < 4.78 is 5.33. The molecule has 2 bridgehead atoms. The zero-order valence-electron chi connectivity index (χ0n) is 11.5. The average molecular weight is 282 g/mol. The van der Waals surface area contributed by atoms with Gasteiger partial charge in [-0.05, 0) is 43.9 Å². The number of rotatable bonds is 3. The van der Waals surface area contributed by atoms with Crippen LogP contribution >= 0.6 is 0 Å². The number of carboxylic acids is 1. The highest BCUT2D eigenvalue weighted by Crippen LogP contribution is 2.48. The van der Waals surface area contributed by atoms with Gasteiger partial charge in [0.05, 0.1) is 18.6 Å². The van der Waals surface area contributed by atoms with Crippen LogP contribution in [0.2, 0.25) is 0 Å². The number of hydrogen-bond donors (Lipinski definition) is 3. The van der Waals surface area contributed by atoms with Crippen molar-refractivity contribution in [3.05, 3.63) is 0 Å². The zero-order chi connectivity index (χ0) is 14.1. The van der Waals surface area contributed by atoms with Crippen molar-refractivity contribution in [1.29, 1.82) is 0 Å². The van der Waals surface area contributed by atoms with Gasteiger partial charge in [-0.25, -0.2) is 4.79 Å². The highest BCUT2D eigenvalue weighted by Gasteiger charge is 2.51. The molecule has 0 aromatic heterocycles. The molecule has 2 amide bonds. The Balaban J connectivity index is 1.56. The molecule has 6 nitrogen and oxygen atoms in total. The highest BCUT2D eigenvalue weighted by atomic mass is 16.5. The minimum atomic E-state index is -0.775. The van der Waals surface area contributed by atoms with E-state index in [0.29, 0.717) is 12.5 Å². The minimum Gasteiger partial charge on any atom is -0.481 e. The van der Waals surface area contributed by atoms with Gasteiger partial charge in [0, 0.05) is 12.6 Å². The second-order valence-electron chi connectivity index (χ2n) is 6.25. The Kier molecular flexibility index (Phi) is 3.83. The van der Waals surface area contributed by atoms with Crippen LogP contribution in [0.25, 0.3) is 0 Å². The molecule has 5 unspecified atom stereocenters. The maximum Gasteiger partial charge on any atom is 0.315 e. The molecule has 20 heavy (non-hydrogen) atoms. The van der Waals surface area contributed by atoms with Crippen LogP contribution in [0.3, 0.4) is 0 Å². The second kappa shape index (κ2) is 5.60. The number of ether oxygens (including phenoxy) is 1. The van der Waals surface area contributed by atoms with Gasteiger partial charge in [-0.2, -0.15) is 0 Å². The molecule has 3 N–H and O–H groups in total. The van der Waals surface area contributed by atoms with Crippen LogP contribution in [-0.4, -0.2) is 42.4 Å². The molecule has 3 aliphatic rings. The largest absolute Gasteiger partial charge is 0.481 e. The first kappa shape index (κ1) is 13.7. The van der Waals surface area contributed by atoms with Crippen LogP contribution in [0.1, 0.15) is 32.1 Å². The number of carbonyl (C=O) groups excluding carboxylic acids is 1. The number of hydrogen-bond acceptors (Lipinski definition) is 3. The highest BCUT2D eigenvalue weighted by molar-refractivity contribution is 5.77. The van der Waals surface area contributed by atoms with Gasteiger partial charge < -0.3 is 20.5 Å². The van der Waals surface area contributed by atoms with Crippen LogP contribution in [-0.2, 0) is 9.53 Å². The Labute approximate surface area is 118 Å². The summed E-state index contributed by atoms with van der Waals surface area (Å²) in [5.74, 6) is -0.624. The number of fused-ring (bicyclic) bond motifs is 2. The van der Waals surface area contributed by atoms with Crippen LogP contribution in [0.15, 0.2) is 0 Å². The van der Waals surface area contributed by atoms with E-state index in [2.05, 4.69) is 10.6 Å². The molecular weight excluding hydrogens is 260 g/mol. The van der Waals surface area contributed by atoms with Gasteiger partial charge in [0.2, 0.25) is 0 Å². The summed E-state index contributed by atoms with van der Waals surface area (Å²) in [5, 5.41) is 15.1. The molecule has 112 valence electrons. The van der Waals surface area contributed by atoms with E-state index in [9.17, 15) is 14.7 Å². The van der Waals surface area contributed by atoms with Gasteiger partial charge >= 0.3 is 12.0 Å². The Morgan fingerprint density at radius 1 is 1.10 bits per heavy atom. The van der Waals surface area contributed by atoms with Crippen molar-refractivity contribution in [2.45, 2.75) is 44.2 Å². The van der Waals surface area contributed by atoms with Crippen molar-refractivity contribution in [3.8, 4) is 0 Å². The summed E-state index contributed by atoms with van der Waals surface area (Å²) in [6, 6.07) is -0.411. The molecule has 6 heteroatoms. The summed E-state index contributed by atoms with van der Waals surface area (Å²) in [6.07, 6.45) is 4.83. The van der Waals surface area contributed by atoms with Crippen molar-refractivity contribution in [3.63, 3.8) is 0 Å². The summed E-state index contributed by atoms with van der Waals surface area (Å²) >= 11 is 0. The maximum absolute atomic E-state index is 12.0. The van der Waals surface area contributed by atoms with E-state index in [-0.39, 0.29) is 24.0 Å². The fourth-order valence-corrected chi connectivity index (χ4v) is 4.09. The normalized spacial score (nSPS) is 39.5. The van der Waals surface area contributed by atoms with E-state index in [1.807, 2.05) is 0 Å². The van der Waals surface area contributed by atoms with Crippen molar-refractivity contribution >= 4 is 12.0 Å². The van der Waals surface area contributed by atoms with Crippen molar-refractivity contribution in [2.24, 2.45) is 17.8 Å². The third kappa shape index (κ3) is 2.61. The van der Waals surface area contributed by atoms with E-state index < -0.39 is 11.9 Å². The number of carbonyl (C=O) groups is 2. The second-order valence-corrected chi connectivity index (χ2v) is 6.25. The number of urea groups is 1. The lowest BCUT2D eigenvalue weighted by molar-refractivity contribution is -0.144. The van der Waals surface area contributed by atoms with Gasteiger partial charge in [0.1, 0.15) is 0 Å². The monoisotopic (exact) mass is 282 g/mol. The van der Waals surface area contributed by atoms with Crippen LogP contribution in [0.5, 0.6) is 0 Å². The summed E-state index contributed by atoms with van der Waals surface area (Å²) in [7, 11) is 0. The Morgan fingerprint density at radius 2 is 1.90 bits per heavy atom. The lowest BCUT2D eigenvalue weighted by atomic mass is 9.84. The van der Waals surface area contributed by atoms with Gasteiger partial charge in [0.15, 0.2) is 0 Å². The quantitative estimate of drug-likeness (QED) is 0.719. The van der Waals surface area contributed by atoms with Gasteiger partial charge in [-0.3, -0.25) is 4.79 Å². The first-order valence-electron chi connectivity index (χ1n) is 7.52. The number of aliphatic carboxylic acids is 1. The van der Waals surface area contributed by atoms with Crippen molar-refractivity contribution < 1.29 is 19.4 Å². The fraction of sp³-hybridized carbons (Fsp3) is 0.857. The summed E-state index contributed by atoms with van der Waals surface area (Å²) in [5.41, 5.74) is 0. The lowest BCUT2D eigenvalue weighted by Gasteiger charge is -2.30. The van der Waals surface area contributed by atoms with Crippen LogP contribution in [0.4, 0.5) is 4.79 Å². The SMILES string of the molecule is O=C(NC1CCCOC1)NC1C2CCC(C2)C1C(=O)O. The number of nitrogens with one attached hydrogen (secondary N) is 2. The topological polar surface area (TPSA) is 87.7 Å². The standard InChI is InChI=1S/C14H22N2O4/c17-13(18)11-8-3-4-9(6-8)12(11)16-14(19)15-10-2-1-5-20-7-10/h8-12H,1-7H2,(H,17,18)(H2,15,16,19). The maximum atomic E-state index is 12.0. The molecule has 2 saturated carbocycles.